The van der Waals surface area contributed by atoms with Crippen LogP contribution in [-0.2, 0) is 20.9 Å². The minimum atomic E-state index is -0.448. The number of imide groups is 1. The molecule has 132 valence electrons. The van der Waals surface area contributed by atoms with Crippen LogP contribution in [0.4, 0.5) is 5.69 Å². The molecule has 0 bridgehead atoms. The molecule has 1 aliphatic rings. The van der Waals surface area contributed by atoms with E-state index < -0.39 is 17.8 Å². The first-order valence-electron chi connectivity index (χ1n) is 8.10. The highest BCUT2D eigenvalue weighted by Crippen LogP contribution is 2.22. The SMILES string of the molecule is CCOC(=O)c1ccc(N2C(=O)C=C(NCc3ccncc3)C2=O)cc1. The number of nitrogens with one attached hydrogen (secondary N) is 1. The maximum absolute atomic E-state index is 12.5. The second-order valence-corrected chi connectivity index (χ2v) is 5.51. The number of hydrogen-bond donors (Lipinski definition) is 1. The quantitative estimate of drug-likeness (QED) is 0.631. The third-order valence-corrected chi connectivity index (χ3v) is 3.79. The van der Waals surface area contributed by atoms with Crippen LogP contribution >= 0.6 is 0 Å². The number of nitrogens with zero attached hydrogens (tertiary/aromatic N) is 2. The van der Waals surface area contributed by atoms with E-state index in [2.05, 4.69) is 10.3 Å². The van der Waals surface area contributed by atoms with Crippen molar-refractivity contribution in [2.75, 3.05) is 11.5 Å². The van der Waals surface area contributed by atoms with E-state index in [1.54, 1.807) is 31.5 Å². The second-order valence-electron chi connectivity index (χ2n) is 5.51. The zero-order chi connectivity index (χ0) is 18.5. The van der Waals surface area contributed by atoms with Crippen molar-refractivity contribution >= 4 is 23.5 Å². The van der Waals surface area contributed by atoms with Crippen LogP contribution in [0, 0.1) is 0 Å². The van der Waals surface area contributed by atoms with Gasteiger partial charge in [0.15, 0.2) is 0 Å². The largest absolute Gasteiger partial charge is 0.462 e. The first-order valence-corrected chi connectivity index (χ1v) is 8.10. The molecule has 7 nitrogen and oxygen atoms in total. The number of hydrogen-bond acceptors (Lipinski definition) is 6. The normalized spacial score (nSPS) is 13.6. The Balaban J connectivity index is 1.69. The summed E-state index contributed by atoms with van der Waals surface area (Å²) in [4.78, 5) is 41.4. The van der Waals surface area contributed by atoms with Crippen LogP contribution < -0.4 is 10.2 Å². The first-order chi connectivity index (χ1) is 12.6. The fourth-order valence-corrected chi connectivity index (χ4v) is 2.50. The summed E-state index contributed by atoms with van der Waals surface area (Å²) in [5, 5.41) is 2.97. The number of pyridine rings is 1. The molecule has 0 aliphatic carbocycles. The van der Waals surface area contributed by atoms with Gasteiger partial charge in [-0.05, 0) is 48.9 Å². The second kappa shape index (κ2) is 7.60. The number of esters is 1. The van der Waals surface area contributed by atoms with Crippen LogP contribution in [-0.4, -0.2) is 29.4 Å². The lowest BCUT2D eigenvalue weighted by Crippen LogP contribution is -2.33. The molecule has 2 heterocycles. The summed E-state index contributed by atoms with van der Waals surface area (Å²) in [7, 11) is 0. The molecule has 0 saturated heterocycles. The van der Waals surface area contributed by atoms with E-state index >= 15 is 0 Å². The van der Waals surface area contributed by atoms with E-state index in [1.165, 1.54) is 18.2 Å². The van der Waals surface area contributed by atoms with Crippen LogP contribution in [0.2, 0.25) is 0 Å². The lowest BCUT2D eigenvalue weighted by Gasteiger charge is -2.15. The monoisotopic (exact) mass is 351 g/mol. The van der Waals surface area contributed by atoms with Crippen molar-refractivity contribution in [3.8, 4) is 0 Å². The molecule has 0 saturated carbocycles. The van der Waals surface area contributed by atoms with Crippen LogP contribution in [0.25, 0.3) is 0 Å². The molecule has 26 heavy (non-hydrogen) atoms. The molecule has 0 atom stereocenters. The summed E-state index contributed by atoms with van der Waals surface area (Å²) in [5.74, 6) is -1.32. The van der Waals surface area contributed by atoms with Crippen molar-refractivity contribution in [3.63, 3.8) is 0 Å². The lowest BCUT2D eigenvalue weighted by atomic mass is 10.2. The molecular weight excluding hydrogens is 334 g/mol. The molecule has 7 heteroatoms. The molecule has 0 radical (unpaired) electrons. The summed E-state index contributed by atoms with van der Waals surface area (Å²) in [5.41, 5.74) is 1.92. The Labute approximate surface area is 150 Å². The predicted molar refractivity (Wildman–Crippen MR) is 94.1 cm³/mol. The van der Waals surface area contributed by atoms with Crippen molar-refractivity contribution in [3.05, 3.63) is 71.7 Å². The van der Waals surface area contributed by atoms with E-state index in [-0.39, 0.29) is 12.3 Å². The van der Waals surface area contributed by atoms with Gasteiger partial charge < -0.3 is 10.1 Å². The average molecular weight is 351 g/mol. The van der Waals surface area contributed by atoms with Gasteiger partial charge in [0.2, 0.25) is 0 Å². The van der Waals surface area contributed by atoms with Crippen molar-refractivity contribution < 1.29 is 19.1 Å². The highest BCUT2D eigenvalue weighted by Gasteiger charge is 2.32. The maximum Gasteiger partial charge on any atom is 0.338 e. The summed E-state index contributed by atoms with van der Waals surface area (Å²) in [6.07, 6.45) is 4.58. The van der Waals surface area contributed by atoms with E-state index in [0.717, 1.165) is 10.5 Å². The number of benzene rings is 1. The van der Waals surface area contributed by atoms with E-state index in [1.807, 2.05) is 12.1 Å². The summed E-state index contributed by atoms with van der Waals surface area (Å²) >= 11 is 0. The molecule has 2 amide bonds. The predicted octanol–water partition coefficient (Wildman–Crippen LogP) is 1.81. The lowest BCUT2D eigenvalue weighted by molar-refractivity contribution is -0.120. The van der Waals surface area contributed by atoms with Gasteiger partial charge in [-0.2, -0.15) is 0 Å². The molecule has 0 spiro atoms. The van der Waals surface area contributed by atoms with Crippen LogP contribution in [0.5, 0.6) is 0 Å². The number of carbonyl (C=O) groups is 3. The highest BCUT2D eigenvalue weighted by atomic mass is 16.5. The number of rotatable bonds is 6. The number of anilines is 1. The van der Waals surface area contributed by atoms with Crippen molar-refractivity contribution in [1.82, 2.24) is 10.3 Å². The van der Waals surface area contributed by atoms with Gasteiger partial charge in [-0.3, -0.25) is 14.6 Å². The van der Waals surface area contributed by atoms with E-state index in [9.17, 15) is 14.4 Å². The number of aromatic nitrogens is 1. The van der Waals surface area contributed by atoms with Crippen molar-refractivity contribution in [2.45, 2.75) is 13.5 Å². The standard InChI is InChI=1S/C19H17N3O4/c1-2-26-19(25)14-3-5-15(6-4-14)22-17(23)11-16(18(22)24)21-12-13-7-9-20-10-8-13/h3-11,21H,2,12H2,1H3. The molecule has 3 rings (SSSR count). The van der Waals surface area contributed by atoms with Gasteiger partial charge in [-0.1, -0.05) is 0 Å². The third kappa shape index (κ3) is 3.61. The Morgan fingerprint density at radius 1 is 1.12 bits per heavy atom. The minimum absolute atomic E-state index is 0.223. The van der Waals surface area contributed by atoms with Crippen molar-refractivity contribution in [1.29, 1.82) is 0 Å². The Bertz CT molecular complexity index is 860. The Hall–Kier alpha value is -3.48. The first kappa shape index (κ1) is 17.3. The Morgan fingerprint density at radius 3 is 2.46 bits per heavy atom. The molecule has 2 aromatic rings. The van der Waals surface area contributed by atoms with Gasteiger partial charge in [-0.25, -0.2) is 9.69 Å². The van der Waals surface area contributed by atoms with Gasteiger partial charge in [0, 0.05) is 25.0 Å². The summed E-state index contributed by atoms with van der Waals surface area (Å²) in [6.45, 7) is 2.41. The Morgan fingerprint density at radius 2 is 1.81 bits per heavy atom. The maximum atomic E-state index is 12.5. The fraction of sp³-hybridized carbons (Fsp3) is 0.158. The van der Waals surface area contributed by atoms with Gasteiger partial charge in [-0.15, -0.1) is 0 Å². The summed E-state index contributed by atoms with van der Waals surface area (Å²) < 4.78 is 4.92. The zero-order valence-corrected chi connectivity index (χ0v) is 14.1. The van der Waals surface area contributed by atoms with Gasteiger partial charge in [0.05, 0.1) is 17.9 Å². The Kier molecular flexibility index (Phi) is 5.07. The topological polar surface area (TPSA) is 88.6 Å². The highest BCUT2D eigenvalue weighted by molar-refractivity contribution is 6.30. The van der Waals surface area contributed by atoms with Gasteiger partial charge in [0.25, 0.3) is 11.8 Å². The van der Waals surface area contributed by atoms with Crippen LogP contribution in [0.15, 0.2) is 60.6 Å². The minimum Gasteiger partial charge on any atom is -0.462 e. The summed E-state index contributed by atoms with van der Waals surface area (Å²) in [6, 6.07) is 9.78. The van der Waals surface area contributed by atoms with Crippen LogP contribution in [0.1, 0.15) is 22.8 Å². The van der Waals surface area contributed by atoms with Crippen LogP contribution in [0.3, 0.4) is 0 Å². The third-order valence-electron chi connectivity index (χ3n) is 3.79. The molecule has 1 N–H and O–H groups in total. The van der Waals surface area contributed by atoms with Crippen molar-refractivity contribution in [2.24, 2.45) is 0 Å². The average Bonchev–Trinajstić information content (AvgIpc) is 2.95. The smallest absolute Gasteiger partial charge is 0.338 e. The van der Waals surface area contributed by atoms with E-state index in [0.29, 0.717) is 17.8 Å². The fourth-order valence-electron chi connectivity index (χ4n) is 2.50. The molecule has 0 unspecified atom stereocenters. The zero-order valence-electron chi connectivity index (χ0n) is 14.1. The number of carbonyl (C=O) groups excluding carboxylic acids is 3. The molecule has 1 aromatic heterocycles. The molecule has 1 aromatic carbocycles. The molecular formula is C19H17N3O4. The number of amides is 2. The van der Waals surface area contributed by atoms with Gasteiger partial charge >= 0.3 is 5.97 Å². The van der Waals surface area contributed by atoms with Gasteiger partial charge in [0.1, 0.15) is 5.70 Å². The van der Waals surface area contributed by atoms with E-state index in [4.69, 9.17) is 4.74 Å². The molecule has 0 fully saturated rings. The molecule has 1 aliphatic heterocycles. The number of ether oxygens (including phenoxy) is 1.